The molecule has 0 aliphatic heterocycles. The van der Waals surface area contributed by atoms with E-state index in [1.54, 1.807) is 0 Å². The van der Waals surface area contributed by atoms with E-state index in [0.717, 1.165) is 11.4 Å². The molecule has 0 amide bonds. The van der Waals surface area contributed by atoms with E-state index in [-0.39, 0.29) is 0 Å². The van der Waals surface area contributed by atoms with Gasteiger partial charge in [-0.15, -0.1) is 0 Å². The van der Waals surface area contributed by atoms with Crippen molar-refractivity contribution < 1.29 is 0 Å². The lowest BCUT2D eigenvalue weighted by Crippen LogP contribution is -1.96. The van der Waals surface area contributed by atoms with Crippen molar-refractivity contribution in [3.8, 4) is 33.4 Å². The fraction of sp³-hybridized carbons (Fsp3) is 0. The molecule has 0 saturated carbocycles. The smallest absolute Gasteiger partial charge is 0.0464 e. The van der Waals surface area contributed by atoms with Crippen molar-refractivity contribution >= 4 is 43.7 Å². The highest BCUT2D eigenvalue weighted by Crippen LogP contribution is 2.41. The van der Waals surface area contributed by atoms with Gasteiger partial charge in [-0.2, -0.15) is 0 Å². The Morgan fingerprint density at radius 1 is 0.279 bits per heavy atom. The number of hydrogen-bond donors (Lipinski definition) is 1. The van der Waals surface area contributed by atoms with Crippen LogP contribution in [0, 0.1) is 0 Å². The average Bonchev–Trinajstić information content (AvgIpc) is 3.08. The maximum Gasteiger partial charge on any atom is 0.0464 e. The fourth-order valence-electron chi connectivity index (χ4n) is 6.32. The summed E-state index contributed by atoms with van der Waals surface area (Å²) in [6.07, 6.45) is 0. The van der Waals surface area contributed by atoms with E-state index in [1.807, 2.05) is 0 Å². The van der Waals surface area contributed by atoms with E-state index in [4.69, 9.17) is 0 Å². The standard InChI is InChI=1S/C42H29N/c1-3-13-31-27-33(23-21-29(31)11-1)35-25-26-39(38-17-6-5-16-37(35)38)40-18-8-10-20-42(40)43-41-19-9-7-15-36(41)34-24-22-30-12-2-4-14-32(30)28-34/h1-28,43H. The number of hydrogen-bond acceptors (Lipinski definition) is 1. The van der Waals surface area contributed by atoms with Crippen molar-refractivity contribution in [2.24, 2.45) is 0 Å². The first-order valence-corrected chi connectivity index (χ1v) is 14.8. The summed E-state index contributed by atoms with van der Waals surface area (Å²) in [5, 5.41) is 11.3. The van der Waals surface area contributed by atoms with Crippen LogP contribution < -0.4 is 5.32 Å². The third-order valence-electron chi connectivity index (χ3n) is 8.46. The summed E-state index contributed by atoms with van der Waals surface area (Å²) < 4.78 is 0. The van der Waals surface area contributed by atoms with Crippen LogP contribution in [-0.2, 0) is 0 Å². The minimum absolute atomic E-state index is 1.08. The molecule has 0 saturated heterocycles. The summed E-state index contributed by atoms with van der Waals surface area (Å²) in [4.78, 5) is 0. The van der Waals surface area contributed by atoms with E-state index in [9.17, 15) is 0 Å². The summed E-state index contributed by atoms with van der Waals surface area (Å²) in [5.74, 6) is 0. The third kappa shape index (κ3) is 4.62. The minimum atomic E-state index is 1.08. The Morgan fingerprint density at radius 2 is 0.721 bits per heavy atom. The van der Waals surface area contributed by atoms with E-state index in [0.29, 0.717) is 0 Å². The maximum atomic E-state index is 3.82. The number of nitrogens with one attached hydrogen (secondary N) is 1. The highest BCUT2D eigenvalue weighted by Gasteiger charge is 2.14. The Balaban J connectivity index is 1.23. The van der Waals surface area contributed by atoms with Gasteiger partial charge in [0.1, 0.15) is 0 Å². The van der Waals surface area contributed by atoms with Gasteiger partial charge < -0.3 is 5.32 Å². The van der Waals surface area contributed by atoms with Gasteiger partial charge in [0.05, 0.1) is 0 Å². The molecule has 0 aromatic heterocycles. The molecule has 43 heavy (non-hydrogen) atoms. The second kappa shape index (κ2) is 10.6. The van der Waals surface area contributed by atoms with Crippen molar-refractivity contribution in [1.29, 1.82) is 0 Å². The Labute approximate surface area is 251 Å². The highest BCUT2D eigenvalue weighted by atomic mass is 14.9. The van der Waals surface area contributed by atoms with E-state index in [2.05, 4.69) is 175 Å². The molecule has 1 N–H and O–H groups in total. The van der Waals surface area contributed by atoms with Crippen LogP contribution in [0.1, 0.15) is 0 Å². The molecule has 0 atom stereocenters. The minimum Gasteiger partial charge on any atom is -0.355 e. The number of anilines is 2. The molecule has 8 rings (SSSR count). The summed E-state index contributed by atoms with van der Waals surface area (Å²) in [7, 11) is 0. The third-order valence-corrected chi connectivity index (χ3v) is 8.46. The first-order valence-electron chi connectivity index (χ1n) is 14.8. The highest BCUT2D eigenvalue weighted by molar-refractivity contribution is 6.07. The fourth-order valence-corrected chi connectivity index (χ4v) is 6.32. The number of benzene rings is 8. The van der Waals surface area contributed by atoms with Gasteiger partial charge in [-0.1, -0.05) is 146 Å². The van der Waals surface area contributed by atoms with Gasteiger partial charge in [0.15, 0.2) is 0 Å². The molecular weight excluding hydrogens is 518 g/mol. The van der Waals surface area contributed by atoms with Gasteiger partial charge in [0.25, 0.3) is 0 Å². The first-order chi connectivity index (χ1) is 21.3. The van der Waals surface area contributed by atoms with E-state index < -0.39 is 0 Å². The predicted octanol–water partition coefficient (Wildman–Crippen LogP) is 11.9. The molecule has 0 heterocycles. The van der Waals surface area contributed by atoms with Crippen LogP contribution >= 0.6 is 0 Å². The van der Waals surface area contributed by atoms with Gasteiger partial charge in [-0.25, -0.2) is 0 Å². The van der Waals surface area contributed by atoms with Crippen LogP contribution in [0.3, 0.4) is 0 Å². The average molecular weight is 548 g/mol. The van der Waals surface area contributed by atoms with Gasteiger partial charge in [-0.3, -0.25) is 0 Å². The molecule has 0 aliphatic rings. The monoisotopic (exact) mass is 547 g/mol. The van der Waals surface area contributed by atoms with Crippen molar-refractivity contribution in [2.75, 3.05) is 5.32 Å². The van der Waals surface area contributed by atoms with Crippen LogP contribution in [0.4, 0.5) is 11.4 Å². The Bertz CT molecular complexity index is 2280. The van der Waals surface area contributed by atoms with Crippen molar-refractivity contribution in [1.82, 2.24) is 0 Å². The Morgan fingerprint density at radius 3 is 1.37 bits per heavy atom. The summed E-state index contributed by atoms with van der Waals surface area (Å²) in [6.45, 7) is 0. The van der Waals surface area contributed by atoms with Crippen LogP contribution in [0.15, 0.2) is 170 Å². The molecule has 0 fully saturated rings. The van der Waals surface area contributed by atoms with Crippen molar-refractivity contribution in [2.45, 2.75) is 0 Å². The van der Waals surface area contributed by atoms with Gasteiger partial charge in [-0.05, 0) is 78.8 Å². The zero-order valence-corrected chi connectivity index (χ0v) is 23.7. The number of rotatable bonds is 5. The molecule has 8 aromatic rings. The molecule has 1 nitrogen and oxygen atoms in total. The lowest BCUT2D eigenvalue weighted by atomic mass is 9.90. The Kier molecular flexibility index (Phi) is 6.20. The molecule has 0 spiro atoms. The molecule has 8 aromatic carbocycles. The normalized spacial score (nSPS) is 11.3. The zero-order chi connectivity index (χ0) is 28.6. The molecule has 0 aliphatic carbocycles. The summed E-state index contributed by atoms with van der Waals surface area (Å²) in [5.41, 5.74) is 9.42. The SMILES string of the molecule is c1ccc(-c2ccc3ccccc3c2)c(Nc2ccccc2-c2ccc(-c3ccc4ccccc4c3)c3ccccc23)c1. The van der Waals surface area contributed by atoms with Crippen molar-refractivity contribution in [3.63, 3.8) is 0 Å². The summed E-state index contributed by atoms with van der Waals surface area (Å²) in [6, 6.07) is 61.1. The van der Waals surface area contributed by atoms with E-state index >= 15 is 0 Å². The number of para-hydroxylation sites is 2. The number of fused-ring (bicyclic) bond motifs is 3. The molecule has 202 valence electrons. The maximum absolute atomic E-state index is 3.82. The zero-order valence-electron chi connectivity index (χ0n) is 23.7. The van der Waals surface area contributed by atoms with E-state index in [1.165, 1.54) is 65.7 Å². The largest absolute Gasteiger partial charge is 0.355 e. The van der Waals surface area contributed by atoms with Crippen LogP contribution in [0.2, 0.25) is 0 Å². The first kappa shape index (κ1) is 25.1. The van der Waals surface area contributed by atoms with Crippen LogP contribution in [0.5, 0.6) is 0 Å². The van der Waals surface area contributed by atoms with Gasteiger partial charge >= 0.3 is 0 Å². The second-order valence-electron chi connectivity index (χ2n) is 11.0. The molecular formula is C42H29N. The topological polar surface area (TPSA) is 12.0 Å². The lowest BCUT2D eigenvalue weighted by Gasteiger charge is -2.18. The van der Waals surface area contributed by atoms with Crippen molar-refractivity contribution in [3.05, 3.63) is 170 Å². The quantitative estimate of drug-likeness (QED) is 0.226. The summed E-state index contributed by atoms with van der Waals surface area (Å²) >= 11 is 0. The molecule has 0 unspecified atom stereocenters. The van der Waals surface area contributed by atoms with Crippen LogP contribution in [-0.4, -0.2) is 0 Å². The lowest BCUT2D eigenvalue weighted by molar-refractivity contribution is 1.53. The molecule has 0 bridgehead atoms. The predicted molar refractivity (Wildman–Crippen MR) is 185 cm³/mol. The van der Waals surface area contributed by atoms with Crippen LogP contribution in [0.25, 0.3) is 65.7 Å². The molecule has 0 radical (unpaired) electrons. The van der Waals surface area contributed by atoms with Gasteiger partial charge in [0.2, 0.25) is 0 Å². The second-order valence-corrected chi connectivity index (χ2v) is 11.0. The Hall–Kier alpha value is -5.66. The molecule has 1 heteroatoms. The van der Waals surface area contributed by atoms with Gasteiger partial charge in [0, 0.05) is 22.5 Å².